The van der Waals surface area contributed by atoms with Gasteiger partial charge >= 0.3 is 5.97 Å². The van der Waals surface area contributed by atoms with Crippen molar-refractivity contribution in [2.45, 2.75) is 35.9 Å². The standard InChI is InChI=1S/C28H23N3O3/c32-25-28(20-14-7-8-15-21(20)29-25)27(26(33)34-24(30-27)19-12-5-2-6-13-19)23(18-10-3-1-4-11-18)22-16-9-17-31(22)28/h1-8,10-15,22-23H,9,16-17H2,(H,29,32)/t22-,23-,27+,28-/m1/s1. The molecule has 0 bridgehead atoms. The number of aliphatic imine (C=N–C) groups is 1. The van der Waals surface area contributed by atoms with Crippen LogP contribution in [0.25, 0.3) is 0 Å². The van der Waals surface area contributed by atoms with Crippen LogP contribution < -0.4 is 5.32 Å². The van der Waals surface area contributed by atoms with Gasteiger partial charge in [-0.1, -0.05) is 66.7 Å². The van der Waals surface area contributed by atoms with E-state index in [0.717, 1.165) is 41.8 Å². The topological polar surface area (TPSA) is 71.0 Å². The zero-order valence-electron chi connectivity index (χ0n) is 18.5. The number of cyclic esters (lactones) is 1. The molecule has 4 aliphatic heterocycles. The lowest BCUT2D eigenvalue weighted by molar-refractivity contribution is -0.148. The molecule has 2 spiro atoms. The number of amides is 1. The highest BCUT2D eigenvalue weighted by Crippen LogP contribution is 2.65. The minimum atomic E-state index is -1.43. The number of hydrogen-bond donors (Lipinski definition) is 1. The number of hydrogen-bond acceptors (Lipinski definition) is 5. The van der Waals surface area contributed by atoms with E-state index in [0.29, 0.717) is 0 Å². The second-order valence-electron chi connectivity index (χ2n) is 9.44. The summed E-state index contributed by atoms with van der Waals surface area (Å²) in [6.07, 6.45) is 1.85. The van der Waals surface area contributed by atoms with Crippen molar-refractivity contribution in [2.75, 3.05) is 11.9 Å². The maximum atomic E-state index is 14.2. The van der Waals surface area contributed by atoms with Gasteiger partial charge in [-0.15, -0.1) is 0 Å². The summed E-state index contributed by atoms with van der Waals surface area (Å²) in [4.78, 5) is 35.6. The molecule has 0 radical (unpaired) electrons. The second kappa shape index (κ2) is 6.87. The minimum Gasteiger partial charge on any atom is -0.405 e. The summed E-state index contributed by atoms with van der Waals surface area (Å²) in [6.45, 7) is 0.723. The SMILES string of the molecule is O=C1OC(c2ccccc2)=N[C@@]12[C@H](c1ccccc1)[C@H]1CCCN1[C@]21C(=O)Nc2ccccc21. The number of fused-ring (bicyclic) bond motifs is 5. The zero-order valence-corrected chi connectivity index (χ0v) is 18.5. The minimum absolute atomic E-state index is 0.00858. The van der Waals surface area contributed by atoms with Crippen LogP contribution in [0.4, 0.5) is 5.69 Å². The van der Waals surface area contributed by atoms with Gasteiger partial charge in [0.2, 0.25) is 11.4 Å². The fourth-order valence-electron chi connectivity index (χ4n) is 6.83. The molecule has 4 atom stereocenters. The number of nitrogens with one attached hydrogen (secondary N) is 1. The number of carbonyl (C=O) groups is 2. The van der Waals surface area contributed by atoms with Crippen LogP contribution >= 0.6 is 0 Å². The summed E-state index contributed by atoms with van der Waals surface area (Å²) in [7, 11) is 0. The largest absolute Gasteiger partial charge is 0.405 e. The molecular formula is C28H23N3O3. The number of ether oxygens (including phenoxy) is 1. The van der Waals surface area contributed by atoms with Crippen LogP contribution in [0, 0.1) is 0 Å². The van der Waals surface area contributed by atoms with E-state index in [2.05, 4.69) is 10.2 Å². The first-order valence-corrected chi connectivity index (χ1v) is 11.8. The van der Waals surface area contributed by atoms with Crippen LogP contribution in [0.1, 0.15) is 35.4 Å². The number of benzene rings is 3. The number of nitrogens with zero attached hydrogens (tertiary/aromatic N) is 2. The van der Waals surface area contributed by atoms with Gasteiger partial charge in [0, 0.05) is 28.8 Å². The van der Waals surface area contributed by atoms with Crippen molar-refractivity contribution >= 4 is 23.5 Å². The first-order chi connectivity index (χ1) is 16.7. The Morgan fingerprint density at radius 3 is 2.41 bits per heavy atom. The first kappa shape index (κ1) is 19.7. The number of para-hydroxylation sites is 1. The van der Waals surface area contributed by atoms with Gasteiger partial charge in [-0.25, -0.2) is 9.79 Å². The quantitative estimate of drug-likeness (QED) is 0.604. The van der Waals surface area contributed by atoms with Crippen LogP contribution in [0.15, 0.2) is 89.9 Å². The lowest BCUT2D eigenvalue weighted by Crippen LogP contribution is -2.62. The van der Waals surface area contributed by atoms with Gasteiger partial charge in [-0.05, 0) is 43.1 Å². The van der Waals surface area contributed by atoms with Gasteiger partial charge in [0.25, 0.3) is 5.91 Å². The fraction of sp³-hybridized carbons (Fsp3) is 0.250. The molecule has 3 aromatic rings. The molecule has 6 nitrogen and oxygen atoms in total. The smallest absolute Gasteiger partial charge is 0.344 e. The van der Waals surface area contributed by atoms with E-state index in [-0.39, 0.29) is 23.8 Å². The number of carbonyl (C=O) groups excluding carboxylic acids is 2. The Morgan fingerprint density at radius 2 is 1.62 bits per heavy atom. The van der Waals surface area contributed by atoms with E-state index in [4.69, 9.17) is 9.73 Å². The van der Waals surface area contributed by atoms with Gasteiger partial charge in [0.05, 0.1) is 0 Å². The Labute approximate surface area is 197 Å². The molecule has 6 heteroatoms. The molecule has 1 N–H and O–H groups in total. The lowest BCUT2D eigenvalue weighted by atomic mass is 9.66. The van der Waals surface area contributed by atoms with E-state index in [1.807, 2.05) is 84.9 Å². The third-order valence-corrected chi connectivity index (χ3v) is 7.97. The normalized spacial score (nSPS) is 31.5. The Kier molecular flexibility index (Phi) is 3.98. The summed E-state index contributed by atoms with van der Waals surface area (Å²) >= 11 is 0. The number of rotatable bonds is 2. The van der Waals surface area contributed by atoms with Gasteiger partial charge in [-0.2, -0.15) is 0 Å². The molecule has 1 amide bonds. The van der Waals surface area contributed by atoms with Crippen molar-refractivity contribution in [1.29, 1.82) is 0 Å². The van der Waals surface area contributed by atoms with Crippen LogP contribution in [0.2, 0.25) is 0 Å². The molecule has 168 valence electrons. The molecule has 34 heavy (non-hydrogen) atoms. The summed E-state index contributed by atoms with van der Waals surface area (Å²) in [6, 6.07) is 27.2. The maximum absolute atomic E-state index is 14.2. The molecule has 0 saturated carbocycles. The first-order valence-electron chi connectivity index (χ1n) is 11.8. The van der Waals surface area contributed by atoms with Gasteiger partial charge < -0.3 is 10.1 Å². The monoisotopic (exact) mass is 449 g/mol. The van der Waals surface area contributed by atoms with Crippen molar-refractivity contribution in [2.24, 2.45) is 4.99 Å². The van der Waals surface area contributed by atoms with Crippen LogP contribution in [-0.4, -0.2) is 40.8 Å². The Bertz CT molecular complexity index is 1360. The molecule has 3 aromatic carbocycles. The summed E-state index contributed by atoms with van der Waals surface area (Å²) < 4.78 is 5.96. The third kappa shape index (κ3) is 2.21. The Hall–Kier alpha value is -3.77. The number of esters is 1. The molecule has 7 rings (SSSR count). The third-order valence-electron chi connectivity index (χ3n) is 7.97. The highest BCUT2D eigenvalue weighted by molar-refractivity contribution is 6.17. The molecule has 0 unspecified atom stereocenters. The molecule has 0 aliphatic carbocycles. The van der Waals surface area contributed by atoms with Crippen LogP contribution in [0.5, 0.6) is 0 Å². The number of anilines is 1. The van der Waals surface area contributed by atoms with Crippen LogP contribution in [0.3, 0.4) is 0 Å². The Balaban J connectivity index is 1.57. The predicted molar refractivity (Wildman–Crippen MR) is 127 cm³/mol. The van der Waals surface area contributed by atoms with Gasteiger partial charge in [0.15, 0.2) is 5.54 Å². The van der Waals surface area contributed by atoms with E-state index in [9.17, 15) is 9.59 Å². The van der Waals surface area contributed by atoms with Crippen molar-refractivity contribution in [3.05, 3.63) is 102 Å². The lowest BCUT2D eigenvalue weighted by Gasteiger charge is -2.40. The highest BCUT2D eigenvalue weighted by Gasteiger charge is 2.80. The van der Waals surface area contributed by atoms with Crippen molar-refractivity contribution < 1.29 is 14.3 Å². The van der Waals surface area contributed by atoms with Crippen molar-refractivity contribution in [1.82, 2.24) is 4.90 Å². The molecule has 2 fully saturated rings. The van der Waals surface area contributed by atoms with Crippen molar-refractivity contribution in [3.8, 4) is 0 Å². The fourth-order valence-corrected chi connectivity index (χ4v) is 6.83. The molecule has 0 aromatic heterocycles. The summed E-state index contributed by atoms with van der Waals surface area (Å²) in [5.41, 5.74) is 0.583. The predicted octanol–water partition coefficient (Wildman–Crippen LogP) is 3.84. The van der Waals surface area contributed by atoms with Crippen molar-refractivity contribution in [3.63, 3.8) is 0 Å². The van der Waals surface area contributed by atoms with E-state index in [1.54, 1.807) is 0 Å². The van der Waals surface area contributed by atoms with E-state index in [1.165, 1.54) is 0 Å². The highest BCUT2D eigenvalue weighted by atomic mass is 16.6. The van der Waals surface area contributed by atoms with E-state index >= 15 is 0 Å². The van der Waals surface area contributed by atoms with E-state index < -0.39 is 17.0 Å². The molecular weight excluding hydrogens is 426 g/mol. The van der Waals surface area contributed by atoms with Crippen LogP contribution in [-0.2, 0) is 19.9 Å². The molecule has 4 aliphatic rings. The van der Waals surface area contributed by atoms with Gasteiger partial charge in [-0.3, -0.25) is 9.69 Å². The average molecular weight is 450 g/mol. The van der Waals surface area contributed by atoms with Gasteiger partial charge in [0.1, 0.15) is 0 Å². The molecule has 4 heterocycles. The second-order valence-corrected chi connectivity index (χ2v) is 9.44. The molecule has 2 saturated heterocycles. The zero-order chi connectivity index (χ0) is 22.9. The maximum Gasteiger partial charge on any atom is 0.344 e. The summed E-state index contributed by atoms with van der Waals surface area (Å²) in [5.74, 6) is -0.693. The average Bonchev–Trinajstić information content (AvgIpc) is 3.60. The summed E-state index contributed by atoms with van der Waals surface area (Å²) in [5, 5.41) is 3.08. The Morgan fingerprint density at radius 1 is 0.912 bits per heavy atom.